The number of hydrogen-bond donors (Lipinski definition) is 0. The van der Waals surface area contributed by atoms with Crippen LogP contribution in [0.5, 0.6) is 0 Å². The van der Waals surface area contributed by atoms with Gasteiger partial charge in [-0.25, -0.2) is 4.31 Å². The third-order valence-corrected chi connectivity index (χ3v) is 2.97. The van der Waals surface area contributed by atoms with Crippen molar-refractivity contribution in [2.75, 3.05) is 33.4 Å². The van der Waals surface area contributed by atoms with E-state index in [9.17, 15) is 0 Å². The van der Waals surface area contributed by atoms with Crippen LogP contribution in [0.1, 0.15) is 0 Å². The van der Waals surface area contributed by atoms with Gasteiger partial charge in [-0.2, -0.15) is 5.26 Å². The van der Waals surface area contributed by atoms with Crippen molar-refractivity contribution in [1.82, 2.24) is 9.21 Å². The number of likely N-dealkylation sites (N-methyl/N-ethyl adjacent to an activating group) is 1. The highest BCUT2D eigenvalue weighted by molar-refractivity contribution is 7.96. The fraction of sp³-hybridized carbons (Fsp3) is 0.857. The molecule has 1 fully saturated rings. The molecule has 0 aromatic heterocycles. The molecule has 0 saturated carbocycles. The Hall–Kier alpha value is -0.240. The largest absolute Gasteiger partial charge is 0.289 e. The van der Waals surface area contributed by atoms with E-state index in [1.54, 1.807) is 11.9 Å². The molecule has 1 aliphatic rings. The molecule has 0 atom stereocenters. The summed E-state index contributed by atoms with van der Waals surface area (Å²) in [6.07, 6.45) is 2.04. The Balaban J connectivity index is 2.52. The second-order valence-electron chi connectivity index (χ2n) is 3.02. The summed E-state index contributed by atoms with van der Waals surface area (Å²) in [6, 6.07) is 2.35. The van der Waals surface area contributed by atoms with Crippen LogP contribution in [-0.4, -0.2) is 48.2 Å². The van der Waals surface area contributed by atoms with E-state index in [0.29, 0.717) is 0 Å². The van der Waals surface area contributed by atoms with E-state index < -0.39 is 0 Å². The molecule has 0 bridgehead atoms. The van der Waals surface area contributed by atoms with E-state index >= 15 is 0 Å². The quantitative estimate of drug-likeness (QED) is 0.563. The zero-order chi connectivity index (χ0) is 8.48. The van der Waals surface area contributed by atoms with E-state index in [0.717, 1.165) is 13.1 Å². The van der Waals surface area contributed by atoms with Gasteiger partial charge in [-0.15, -0.1) is 0 Å². The van der Waals surface area contributed by atoms with E-state index in [1.165, 1.54) is 0 Å². The third-order valence-electron chi connectivity index (χ3n) is 2.20. The first-order chi connectivity index (χ1) is 5.14. The first-order valence-electron chi connectivity index (χ1n) is 3.52. The van der Waals surface area contributed by atoms with Gasteiger partial charge in [0, 0.05) is 13.1 Å². The molecule has 0 aromatic rings. The molecule has 1 heterocycles. The predicted octanol–water partition coefficient (Wildman–Crippen LogP) is 0.404. The second kappa shape index (κ2) is 3.02. The Kier molecular flexibility index (Phi) is 2.43. The van der Waals surface area contributed by atoms with Crippen molar-refractivity contribution in [3.05, 3.63) is 0 Å². The van der Waals surface area contributed by atoms with Crippen molar-refractivity contribution in [2.24, 2.45) is 0 Å². The predicted molar refractivity (Wildman–Crippen MR) is 47.1 cm³/mol. The summed E-state index contributed by atoms with van der Waals surface area (Å²) >= 11 is 1.70. The van der Waals surface area contributed by atoms with Gasteiger partial charge in [0.1, 0.15) is 5.54 Å². The molecule has 1 rings (SSSR count). The Labute approximate surface area is 72.1 Å². The Morgan fingerprint density at radius 2 is 2.09 bits per heavy atom. The zero-order valence-corrected chi connectivity index (χ0v) is 7.98. The van der Waals surface area contributed by atoms with Gasteiger partial charge in [0.2, 0.25) is 0 Å². The van der Waals surface area contributed by atoms with Crippen LogP contribution in [0, 0.1) is 11.3 Å². The van der Waals surface area contributed by atoms with Crippen LogP contribution in [0.4, 0.5) is 0 Å². The highest BCUT2D eigenvalue weighted by Gasteiger charge is 2.45. The molecule has 62 valence electrons. The number of nitrogens with zero attached hydrogens (tertiary/aromatic N) is 3. The summed E-state index contributed by atoms with van der Waals surface area (Å²) in [6.45, 7) is 1.72. The first kappa shape index (κ1) is 8.85. The highest BCUT2D eigenvalue weighted by atomic mass is 32.2. The molecule has 0 radical (unpaired) electrons. The van der Waals surface area contributed by atoms with Crippen molar-refractivity contribution in [1.29, 1.82) is 5.26 Å². The van der Waals surface area contributed by atoms with Gasteiger partial charge in [0.15, 0.2) is 0 Å². The normalized spacial score (nSPS) is 22.8. The minimum atomic E-state index is -0.219. The summed E-state index contributed by atoms with van der Waals surface area (Å²) in [7, 11) is 3.92. The molecular weight excluding hydrogens is 158 g/mol. The summed E-state index contributed by atoms with van der Waals surface area (Å²) in [5.41, 5.74) is -0.219. The van der Waals surface area contributed by atoms with Gasteiger partial charge >= 0.3 is 0 Å². The van der Waals surface area contributed by atoms with Crippen molar-refractivity contribution >= 4 is 11.9 Å². The SMILES string of the molecule is CSN1CC(C#N)(N(C)C)C1. The van der Waals surface area contributed by atoms with Gasteiger partial charge in [0.05, 0.1) is 6.07 Å². The monoisotopic (exact) mass is 171 g/mol. The van der Waals surface area contributed by atoms with Gasteiger partial charge < -0.3 is 0 Å². The van der Waals surface area contributed by atoms with Crippen LogP contribution in [0.15, 0.2) is 0 Å². The topological polar surface area (TPSA) is 30.3 Å². The van der Waals surface area contributed by atoms with Crippen LogP contribution >= 0.6 is 11.9 Å². The lowest BCUT2D eigenvalue weighted by Gasteiger charge is -2.47. The van der Waals surface area contributed by atoms with Crippen molar-refractivity contribution in [2.45, 2.75) is 5.54 Å². The maximum atomic E-state index is 8.89. The average molecular weight is 171 g/mol. The van der Waals surface area contributed by atoms with E-state index in [2.05, 4.69) is 10.4 Å². The minimum absolute atomic E-state index is 0.219. The molecule has 1 aliphatic heterocycles. The Bertz CT molecular complexity index is 179. The first-order valence-corrected chi connectivity index (χ1v) is 4.70. The molecule has 3 nitrogen and oxygen atoms in total. The van der Waals surface area contributed by atoms with Crippen LogP contribution < -0.4 is 0 Å². The molecule has 1 saturated heterocycles. The van der Waals surface area contributed by atoms with Crippen molar-refractivity contribution in [3.63, 3.8) is 0 Å². The standard InChI is InChI=1S/C7H13N3S/c1-9(2)7(4-8)5-10(6-7)11-3/h5-6H2,1-3H3. The maximum absolute atomic E-state index is 8.89. The molecular formula is C7H13N3S. The summed E-state index contributed by atoms with van der Waals surface area (Å²) in [5.74, 6) is 0. The van der Waals surface area contributed by atoms with Gasteiger partial charge in [-0.3, -0.25) is 4.90 Å². The van der Waals surface area contributed by atoms with Gasteiger partial charge in [-0.1, -0.05) is 11.9 Å². The molecule has 4 heteroatoms. The average Bonchev–Trinajstić information content (AvgIpc) is 1.86. The van der Waals surface area contributed by atoms with Crippen LogP contribution in [0.2, 0.25) is 0 Å². The smallest absolute Gasteiger partial charge is 0.136 e. The molecule has 0 aromatic carbocycles. The molecule has 0 spiro atoms. The van der Waals surface area contributed by atoms with Crippen LogP contribution in [0.25, 0.3) is 0 Å². The lowest BCUT2D eigenvalue weighted by atomic mass is 9.93. The Morgan fingerprint density at radius 1 is 1.55 bits per heavy atom. The zero-order valence-electron chi connectivity index (χ0n) is 7.16. The summed E-state index contributed by atoms with van der Waals surface area (Å²) in [4.78, 5) is 2.00. The number of rotatable bonds is 2. The third kappa shape index (κ3) is 1.36. The fourth-order valence-electron chi connectivity index (χ4n) is 1.12. The van der Waals surface area contributed by atoms with E-state index in [-0.39, 0.29) is 5.54 Å². The Morgan fingerprint density at radius 3 is 2.36 bits per heavy atom. The summed E-state index contributed by atoms with van der Waals surface area (Å²) in [5, 5.41) is 8.89. The molecule has 0 aliphatic carbocycles. The molecule has 0 amide bonds. The molecule has 11 heavy (non-hydrogen) atoms. The van der Waals surface area contributed by atoms with Gasteiger partial charge in [0.25, 0.3) is 0 Å². The van der Waals surface area contributed by atoms with Gasteiger partial charge in [-0.05, 0) is 20.4 Å². The van der Waals surface area contributed by atoms with E-state index in [1.807, 2.05) is 25.3 Å². The number of hydrogen-bond acceptors (Lipinski definition) is 4. The highest BCUT2D eigenvalue weighted by Crippen LogP contribution is 2.29. The number of nitriles is 1. The van der Waals surface area contributed by atoms with Crippen LogP contribution in [0.3, 0.4) is 0 Å². The lowest BCUT2D eigenvalue weighted by Crippen LogP contribution is -2.65. The van der Waals surface area contributed by atoms with E-state index in [4.69, 9.17) is 5.26 Å². The van der Waals surface area contributed by atoms with Crippen molar-refractivity contribution < 1.29 is 0 Å². The minimum Gasteiger partial charge on any atom is -0.289 e. The lowest BCUT2D eigenvalue weighted by molar-refractivity contribution is 0.0796. The summed E-state index contributed by atoms with van der Waals surface area (Å²) < 4.78 is 2.18. The van der Waals surface area contributed by atoms with Crippen molar-refractivity contribution in [3.8, 4) is 6.07 Å². The fourth-order valence-corrected chi connectivity index (χ4v) is 1.81. The molecule has 0 N–H and O–H groups in total. The molecule has 0 unspecified atom stereocenters. The second-order valence-corrected chi connectivity index (χ2v) is 3.90. The van der Waals surface area contributed by atoms with Crippen LogP contribution in [-0.2, 0) is 0 Å². The maximum Gasteiger partial charge on any atom is 0.136 e.